The number of allylic oxidation sites excluding steroid dienone is 1. The third kappa shape index (κ3) is 4.98. The van der Waals surface area contributed by atoms with E-state index in [9.17, 15) is 24.6 Å². The number of hydrogen-bond donors (Lipinski definition) is 2. The van der Waals surface area contributed by atoms with Crippen LogP contribution in [0, 0.1) is 39.4 Å². The van der Waals surface area contributed by atoms with Gasteiger partial charge in [0.05, 0.1) is 6.10 Å². The van der Waals surface area contributed by atoms with E-state index in [0.717, 1.165) is 38.5 Å². The highest BCUT2D eigenvalue weighted by Crippen LogP contribution is 2.73. The molecule has 0 amide bonds. The van der Waals surface area contributed by atoms with Crippen LogP contribution in [0.2, 0.25) is 0 Å². The Balaban J connectivity index is 1.78. The van der Waals surface area contributed by atoms with Gasteiger partial charge >= 0.3 is 17.9 Å². The molecule has 0 bridgehead atoms. The van der Waals surface area contributed by atoms with Crippen LogP contribution < -0.4 is 0 Å². The molecule has 0 aliphatic heterocycles. The number of esters is 2. The van der Waals surface area contributed by atoms with Gasteiger partial charge in [0.1, 0.15) is 12.2 Å². The SMILES string of the molecule is CC(=O)O[C@@H](C/C=C(\C)C(=O)O)[C@@H](C)[C@H]1C[C@H](OC(C)=O)[C@@]2(C)C3=C(CC[C@]12C)[C@@]1(C)CC[C@H](O)C(C)(C)[C@@H]1CC3. The molecule has 0 aromatic carbocycles. The summed E-state index contributed by atoms with van der Waals surface area (Å²) in [5.74, 6) is -1.22. The lowest BCUT2D eigenvalue weighted by Gasteiger charge is -2.62. The summed E-state index contributed by atoms with van der Waals surface area (Å²) in [6.07, 6.45) is 7.21. The van der Waals surface area contributed by atoms with Crippen molar-refractivity contribution < 1.29 is 34.1 Å². The van der Waals surface area contributed by atoms with E-state index >= 15 is 0 Å². The number of carboxylic acids is 1. The minimum atomic E-state index is -0.983. The second-order valence-corrected chi connectivity index (χ2v) is 14.8. The highest BCUT2D eigenvalue weighted by molar-refractivity contribution is 5.85. The predicted molar refractivity (Wildman–Crippen MR) is 157 cm³/mol. The van der Waals surface area contributed by atoms with Crippen LogP contribution in [-0.4, -0.2) is 46.4 Å². The van der Waals surface area contributed by atoms with Crippen molar-refractivity contribution in [1.29, 1.82) is 0 Å². The van der Waals surface area contributed by atoms with Crippen LogP contribution in [0.1, 0.15) is 114 Å². The first-order valence-electron chi connectivity index (χ1n) is 15.6. The van der Waals surface area contributed by atoms with Gasteiger partial charge in [-0.1, -0.05) is 58.8 Å². The molecular formula is C34H52O7. The Hall–Kier alpha value is -2.15. The van der Waals surface area contributed by atoms with E-state index in [1.807, 2.05) is 0 Å². The lowest BCUT2D eigenvalue weighted by Crippen LogP contribution is -2.56. The third-order valence-corrected chi connectivity index (χ3v) is 12.7. The van der Waals surface area contributed by atoms with Gasteiger partial charge in [-0.3, -0.25) is 9.59 Å². The van der Waals surface area contributed by atoms with E-state index in [-0.39, 0.29) is 63.2 Å². The maximum Gasteiger partial charge on any atom is 0.330 e. The van der Waals surface area contributed by atoms with E-state index in [1.165, 1.54) is 25.0 Å². The molecule has 2 N–H and O–H groups in total. The molecule has 0 spiro atoms. The summed E-state index contributed by atoms with van der Waals surface area (Å²) in [6, 6.07) is 0. The van der Waals surface area contributed by atoms with Crippen molar-refractivity contribution in [2.75, 3.05) is 0 Å². The van der Waals surface area contributed by atoms with Crippen molar-refractivity contribution in [1.82, 2.24) is 0 Å². The maximum atomic E-state index is 12.5. The minimum absolute atomic E-state index is 0.00452. The topological polar surface area (TPSA) is 110 Å². The fourth-order valence-corrected chi connectivity index (χ4v) is 10.1. The summed E-state index contributed by atoms with van der Waals surface area (Å²) in [6.45, 7) is 18.1. The zero-order valence-corrected chi connectivity index (χ0v) is 26.6. The van der Waals surface area contributed by atoms with Crippen molar-refractivity contribution >= 4 is 17.9 Å². The first kappa shape index (κ1) is 31.8. The lowest BCUT2D eigenvalue weighted by atomic mass is 9.43. The molecule has 4 rings (SSSR count). The summed E-state index contributed by atoms with van der Waals surface area (Å²) >= 11 is 0. The zero-order chi connectivity index (χ0) is 30.7. The van der Waals surface area contributed by atoms with Crippen molar-refractivity contribution in [2.45, 2.75) is 132 Å². The van der Waals surface area contributed by atoms with E-state index < -0.39 is 12.1 Å². The van der Waals surface area contributed by atoms with Gasteiger partial charge in [-0.15, -0.1) is 0 Å². The minimum Gasteiger partial charge on any atom is -0.478 e. The quantitative estimate of drug-likeness (QED) is 0.200. The smallest absolute Gasteiger partial charge is 0.330 e. The second-order valence-electron chi connectivity index (χ2n) is 14.8. The predicted octanol–water partition coefficient (Wildman–Crippen LogP) is 6.63. The number of carbonyl (C=O) groups excluding carboxylic acids is 2. The molecule has 0 aromatic heterocycles. The Morgan fingerprint density at radius 2 is 1.63 bits per heavy atom. The molecular weight excluding hydrogens is 520 g/mol. The van der Waals surface area contributed by atoms with Crippen molar-refractivity contribution in [3.05, 3.63) is 22.8 Å². The Morgan fingerprint density at radius 3 is 2.22 bits per heavy atom. The number of carboxylic acid groups (broad SMARTS) is 1. The standard InChI is InChI=1S/C34H52O7/c1-19(30(38)39)10-12-26(40-21(3)35)20(2)25-18-29(41-22(4)36)34(9)24-11-13-27-31(5,6)28(37)15-16-32(27,7)23(24)14-17-33(25,34)8/h10,20,25-29,37H,11-18H2,1-9H3,(H,38,39)/b19-10+/t20-,25+,26-,27-,28-,29-,32+,33+,34+/m0/s1. The van der Waals surface area contributed by atoms with Crippen molar-refractivity contribution in [3.63, 3.8) is 0 Å². The van der Waals surface area contributed by atoms with Crippen LogP contribution in [0.5, 0.6) is 0 Å². The van der Waals surface area contributed by atoms with Gasteiger partial charge in [-0.25, -0.2) is 4.79 Å². The maximum absolute atomic E-state index is 12.5. The molecule has 2 saturated carbocycles. The van der Waals surface area contributed by atoms with Gasteiger partial charge in [0, 0.05) is 31.3 Å². The van der Waals surface area contributed by atoms with Gasteiger partial charge in [0.15, 0.2) is 0 Å². The van der Waals surface area contributed by atoms with Gasteiger partial charge in [-0.2, -0.15) is 0 Å². The number of aliphatic carboxylic acids is 1. The van der Waals surface area contributed by atoms with Gasteiger partial charge < -0.3 is 19.7 Å². The van der Waals surface area contributed by atoms with Gasteiger partial charge in [-0.05, 0) is 85.9 Å². The molecule has 0 unspecified atom stereocenters. The van der Waals surface area contributed by atoms with Crippen LogP contribution in [0.15, 0.2) is 22.8 Å². The number of aliphatic hydroxyl groups is 1. The molecule has 0 aromatic rings. The summed E-state index contributed by atoms with van der Waals surface area (Å²) in [5.41, 5.74) is 2.47. The third-order valence-electron chi connectivity index (χ3n) is 12.7. The van der Waals surface area contributed by atoms with Crippen LogP contribution >= 0.6 is 0 Å². The largest absolute Gasteiger partial charge is 0.478 e. The number of rotatable bonds is 7. The molecule has 9 atom stereocenters. The number of hydrogen-bond acceptors (Lipinski definition) is 6. The van der Waals surface area contributed by atoms with E-state index in [0.29, 0.717) is 18.8 Å². The molecule has 0 heterocycles. The summed E-state index contributed by atoms with van der Waals surface area (Å²) in [7, 11) is 0. The molecule has 4 aliphatic rings. The summed E-state index contributed by atoms with van der Waals surface area (Å²) in [4.78, 5) is 36.1. The number of fused-ring (bicyclic) bond motifs is 4. The van der Waals surface area contributed by atoms with Crippen molar-refractivity contribution in [2.24, 2.45) is 39.4 Å². The average molecular weight is 573 g/mol. The Labute approximate surface area is 246 Å². The fourth-order valence-electron chi connectivity index (χ4n) is 10.1. The van der Waals surface area contributed by atoms with E-state index in [4.69, 9.17) is 9.47 Å². The van der Waals surface area contributed by atoms with Crippen LogP contribution in [-0.2, 0) is 23.9 Å². The van der Waals surface area contributed by atoms with Crippen LogP contribution in [0.3, 0.4) is 0 Å². The fraction of sp³-hybridized carbons (Fsp3) is 0.794. The lowest BCUT2D eigenvalue weighted by molar-refractivity contribution is -0.155. The number of aliphatic hydroxyl groups excluding tert-OH is 1. The number of ether oxygens (including phenoxy) is 2. The van der Waals surface area contributed by atoms with Gasteiger partial charge in [0.25, 0.3) is 0 Å². The molecule has 0 radical (unpaired) electrons. The Kier molecular flexibility index (Phi) is 8.40. The Bertz CT molecular complexity index is 1150. The highest BCUT2D eigenvalue weighted by atomic mass is 16.5. The summed E-state index contributed by atoms with van der Waals surface area (Å²) in [5, 5.41) is 20.3. The number of carbonyl (C=O) groups is 3. The monoisotopic (exact) mass is 572 g/mol. The zero-order valence-electron chi connectivity index (χ0n) is 26.6. The molecule has 7 heteroatoms. The first-order valence-corrected chi connectivity index (χ1v) is 15.6. The second kappa shape index (κ2) is 10.8. The van der Waals surface area contributed by atoms with E-state index in [1.54, 1.807) is 13.0 Å². The van der Waals surface area contributed by atoms with Crippen molar-refractivity contribution in [3.8, 4) is 0 Å². The molecule has 4 aliphatic carbocycles. The molecule has 230 valence electrons. The molecule has 0 saturated heterocycles. The van der Waals surface area contributed by atoms with Crippen LogP contribution in [0.4, 0.5) is 0 Å². The summed E-state index contributed by atoms with van der Waals surface area (Å²) < 4.78 is 12.0. The molecule has 7 nitrogen and oxygen atoms in total. The molecule has 41 heavy (non-hydrogen) atoms. The first-order chi connectivity index (χ1) is 18.9. The normalized spacial score (nSPS) is 39.6. The Morgan fingerprint density at radius 1 is 0.976 bits per heavy atom. The van der Waals surface area contributed by atoms with E-state index in [2.05, 4.69) is 41.5 Å². The van der Waals surface area contributed by atoms with Gasteiger partial charge in [0.2, 0.25) is 0 Å². The highest BCUT2D eigenvalue weighted by Gasteiger charge is 2.68. The average Bonchev–Trinajstić information content (AvgIpc) is 3.10. The molecule has 2 fully saturated rings. The van der Waals surface area contributed by atoms with Crippen LogP contribution in [0.25, 0.3) is 0 Å².